The van der Waals surface area contributed by atoms with Crippen LogP contribution in [0.5, 0.6) is 0 Å². The van der Waals surface area contributed by atoms with Gasteiger partial charge in [-0.15, -0.1) is 0 Å². The Hall–Kier alpha value is -3.32. The van der Waals surface area contributed by atoms with Gasteiger partial charge in [0.05, 0.1) is 0 Å². The summed E-state index contributed by atoms with van der Waals surface area (Å²) in [5.74, 6) is 2.19. The van der Waals surface area contributed by atoms with Crippen molar-refractivity contribution in [2.75, 3.05) is 43.6 Å². The van der Waals surface area contributed by atoms with Crippen molar-refractivity contribution in [1.82, 2.24) is 15.0 Å². The number of nitrogens with one attached hydrogen (secondary N) is 1. The number of hydrogen-bond donors (Lipinski definition) is 1. The van der Waals surface area contributed by atoms with E-state index in [0.29, 0.717) is 24.6 Å². The number of nitrogens with zero attached hydrogens (tertiary/aromatic N) is 4. The molecule has 3 aromatic rings. The minimum atomic E-state index is 0.0551. The summed E-state index contributed by atoms with van der Waals surface area (Å²) < 4.78 is 4.90. The summed E-state index contributed by atoms with van der Waals surface area (Å²) in [6.07, 6.45) is 4.08. The minimum absolute atomic E-state index is 0.0551. The van der Waals surface area contributed by atoms with Crippen molar-refractivity contribution in [2.24, 2.45) is 0 Å². The first kappa shape index (κ1) is 20.9. The Bertz CT molecular complexity index is 998. The fourth-order valence-electron chi connectivity index (χ4n) is 3.76. The molecule has 7 nitrogen and oxygen atoms in total. The van der Waals surface area contributed by atoms with Gasteiger partial charge in [0.25, 0.3) is 0 Å². The summed E-state index contributed by atoms with van der Waals surface area (Å²) >= 11 is 0. The second-order valence-electron chi connectivity index (χ2n) is 7.55. The zero-order valence-corrected chi connectivity index (χ0v) is 17.8. The van der Waals surface area contributed by atoms with Gasteiger partial charge in [0, 0.05) is 45.4 Å². The molecule has 0 unspecified atom stereocenters. The standard InChI is InChI=1S/C24H27N5O2/c1-31-17-20(30)9-13-26-22-16-23(28-24(27-22)21-8-4-5-12-25-21)29-14-10-18-6-2-3-7-19(18)11-15-29/h2-8,12,16H,9-11,13-15,17H2,1H3,(H,26,27,28). The van der Waals surface area contributed by atoms with Crippen LogP contribution in [0.1, 0.15) is 17.5 Å². The van der Waals surface area contributed by atoms with Crippen molar-refractivity contribution in [3.8, 4) is 11.5 Å². The summed E-state index contributed by atoms with van der Waals surface area (Å²) in [4.78, 5) is 28.0. The lowest BCUT2D eigenvalue weighted by molar-refractivity contribution is -0.122. The van der Waals surface area contributed by atoms with Gasteiger partial charge in [-0.1, -0.05) is 30.3 Å². The van der Waals surface area contributed by atoms with E-state index >= 15 is 0 Å². The Morgan fingerprint density at radius 2 is 1.81 bits per heavy atom. The predicted octanol–water partition coefficient (Wildman–Crippen LogP) is 3.16. The maximum atomic E-state index is 11.8. The summed E-state index contributed by atoms with van der Waals surface area (Å²) in [5, 5.41) is 3.27. The molecule has 1 aromatic carbocycles. The van der Waals surface area contributed by atoms with Gasteiger partial charge in [0.15, 0.2) is 11.6 Å². The van der Waals surface area contributed by atoms with Crippen LogP contribution in [-0.2, 0) is 22.4 Å². The number of benzene rings is 1. The zero-order valence-electron chi connectivity index (χ0n) is 17.8. The van der Waals surface area contributed by atoms with E-state index in [1.165, 1.54) is 18.2 Å². The van der Waals surface area contributed by atoms with Crippen molar-refractivity contribution in [3.05, 3.63) is 65.9 Å². The number of hydrogen-bond acceptors (Lipinski definition) is 7. The van der Waals surface area contributed by atoms with E-state index in [1.54, 1.807) is 6.20 Å². The molecule has 7 heteroatoms. The van der Waals surface area contributed by atoms with E-state index in [2.05, 4.69) is 44.5 Å². The highest BCUT2D eigenvalue weighted by Gasteiger charge is 2.17. The Labute approximate surface area is 182 Å². The zero-order chi connectivity index (χ0) is 21.5. The third kappa shape index (κ3) is 5.44. The molecule has 3 heterocycles. The highest BCUT2D eigenvalue weighted by Crippen LogP contribution is 2.24. The van der Waals surface area contributed by atoms with Gasteiger partial charge in [0.2, 0.25) is 0 Å². The van der Waals surface area contributed by atoms with Crippen molar-refractivity contribution < 1.29 is 9.53 Å². The summed E-state index contributed by atoms with van der Waals surface area (Å²) in [6.45, 7) is 2.40. The molecule has 1 aliphatic heterocycles. The second-order valence-corrected chi connectivity index (χ2v) is 7.55. The van der Waals surface area contributed by atoms with E-state index in [4.69, 9.17) is 9.72 Å². The number of pyridine rings is 1. The number of rotatable bonds is 8. The van der Waals surface area contributed by atoms with Crippen molar-refractivity contribution in [2.45, 2.75) is 19.3 Å². The van der Waals surface area contributed by atoms with Gasteiger partial charge >= 0.3 is 0 Å². The van der Waals surface area contributed by atoms with Crippen molar-refractivity contribution in [1.29, 1.82) is 0 Å². The summed E-state index contributed by atoms with van der Waals surface area (Å²) in [6, 6.07) is 16.3. The molecular formula is C24H27N5O2. The quantitative estimate of drug-likeness (QED) is 0.603. The van der Waals surface area contributed by atoms with E-state index in [0.717, 1.165) is 37.4 Å². The van der Waals surface area contributed by atoms with E-state index < -0.39 is 0 Å². The molecule has 0 aliphatic carbocycles. The first-order valence-corrected chi connectivity index (χ1v) is 10.6. The predicted molar refractivity (Wildman–Crippen MR) is 121 cm³/mol. The van der Waals surface area contributed by atoms with Crippen LogP contribution in [0.2, 0.25) is 0 Å². The molecule has 0 spiro atoms. The number of carbonyl (C=O) groups excluding carboxylic acids is 1. The molecule has 4 rings (SSSR count). The summed E-state index contributed by atoms with van der Waals surface area (Å²) in [7, 11) is 1.53. The highest BCUT2D eigenvalue weighted by atomic mass is 16.5. The lowest BCUT2D eigenvalue weighted by Crippen LogP contribution is -2.27. The van der Waals surface area contributed by atoms with Crippen LogP contribution in [0.25, 0.3) is 11.5 Å². The van der Waals surface area contributed by atoms with Crippen LogP contribution < -0.4 is 10.2 Å². The van der Waals surface area contributed by atoms with Crippen LogP contribution in [0.4, 0.5) is 11.6 Å². The molecule has 31 heavy (non-hydrogen) atoms. The van der Waals surface area contributed by atoms with Gasteiger partial charge in [-0.3, -0.25) is 9.78 Å². The van der Waals surface area contributed by atoms with Crippen LogP contribution in [0, 0.1) is 0 Å². The topological polar surface area (TPSA) is 80.2 Å². The molecule has 0 saturated carbocycles. The third-order valence-electron chi connectivity index (χ3n) is 5.37. The first-order valence-electron chi connectivity index (χ1n) is 10.6. The maximum absolute atomic E-state index is 11.8. The minimum Gasteiger partial charge on any atom is -0.377 e. The number of fused-ring (bicyclic) bond motifs is 1. The number of methoxy groups -OCH3 is 1. The molecule has 0 atom stereocenters. The van der Waals surface area contributed by atoms with Crippen LogP contribution in [0.15, 0.2) is 54.7 Å². The Kier molecular flexibility index (Phi) is 6.84. The summed E-state index contributed by atoms with van der Waals surface area (Å²) in [5.41, 5.74) is 3.53. The second kappa shape index (κ2) is 10.1. The first-order chi connectivity index (χ1) is 15.2. The molecule has 0 radical (unpaired) electrons. The molecular weight excluding hydrogens is 390 g/mol. The molecule has 1 N–H and O–H groups in total. The van der Waals surface area contributed by atoms with Crippen LogP contribution >= 0.6 is 0 Å². The normalized spacial score (nSPS) is 13.4. The van der Waals surface area contributed by atoms with Crippen LogP contribution in [0.3, 0.4) is 0 Å². The maximum Gasteiger partial charge on any atom is 0.182 e. The SMILES string of the molecule is COCC(=O)CCNc1cc(N2CCc3ccccc3CC2)nc(-c2ccccn2)n1. The van der Waals surface area contributed by atoms with Crippen molar-refractivity contribution >= 4 is 17.4 Å². The highest BCUT2D eigenvalue weighted by molar-refractivity contribution is 5.80. The molecule has 0 amide bonds. The van der Waals surface area contributed by atoms with Crippen LogP contribution in [-0.4, -0.2) is 54.1 Å². The lowest BCUT2D eigenvalue weighted by atomic mass is 10.0. The molecule has 2 aromatic heterocycles. The van der Waals surface area contributed by atoms with E-state index in [1.807, 2.05) is 24.3 Å². The Morgan fingerprint density at radius 1 is 1.06 bits per heavy atom. The number of ether oxygens (including phenoxy) is 1. The van der Waals surface area contributed by atoms with E-state index in [-0.39, 0.29) is 12.4 Å². The lowest BCUT2D eigenvalue weighted by Gasteiger charge is -2.22. The Balaban J connectivity index is 1.57. The monoisotopic (exact) mass is 417 g/mol. The van der Waals surface area contributed by atoms with Gasteiger partial charge in [0.1, 0.15) is 23.9 Å². The van der Waals surface area contributed by atoms with Gasteiger partial charge in [-0.2, -0.15) is 0 Å². The molecule has 0 saturated heterocycles. The fraction of sp³-hybridized carbons (Fsp3) is 0.333. The number of ketones is 1. The van der Waals surface area contributed by atoms with Crippen molar-refractivity contribution in [3.63, 3.8) is 0 Å². The Morgan fingerprint density at radius 3 is 2.48 bits per heavy atom. The molecule has 1 aliphatic rings. The number of Topliss-reactive ketones (excluding diaryl/α,β-unsaturated/α-hetero) is 1. The third-order valence-corrected chi connectivity index (χ3v) is 5.37. The number of carbonyl (C=O) groups is 1. The molecule has 160 valence electrons. The number of anilines is 2. The fourth-order valence-corrected chi connectivity index (χ4v) is 3.76. The molecule has 0 fully saturated rings. The average Bonchev–Trinajstić information content (AvgIpc) is 3.02. The average molecular weight is 418 g/mol. The smallest absolute Gasteiger partial charge is 0.182 e. The van der Waals surface area contributed by atoms with Gasteiger partial charge in [-0.25, -0.2) is 9.97 Å². The molecule has 0 bridgehead atoms. The van der Waals surface area contributed by atoms with Gasteiger partial charge in [-0.05, 0) is 36.1 Å². The number of aromatic nitrogens is 3. The van der Waals surface area contributed by atoms with Gasteiger partial charge < -0.3 is 15.0 Å². The largest absolute Gasteiger partial charge is 0.377 e. The van der Waals surface area contributed by atoms with E-state index in [9.17, 15) is 4.79 Å².